The van der Waals surface area contributed by atoms with Gasteiger partial charge in [0.05, 0.1) is 18.8 Å². The molecule has 0 aromatic carbocycles. The zero-order valence-electron chi connectivity index (χ0n) is 10.3. The van der Waals surface area contributed by atoms with Crippen LogP contribution in [0.4, 0.5) is 0 Å². The molecular formula is C12H22N2O2S. The molecule has 2 unspecified atom stereocenters. The Balaban J connectivity index is 1.52. The standard InChI is InChI=1S/C12H22N2O2S/c1-5-16-12(2-8-17-10-12)9-11(1)13-14-3-6-15-7-4-14/h11,13H,1-10H2. The van der Waals surface area contributed by atoms with E-state index in [4.69, 9.17) is 9.47 Å². The zero-order chi connectivity index (χ0) is 11.6. The first-order valence-corrected chi connectivity index (χ1v) is 7.82. The molecule has 3 rings (SSSR count). The molecule has 0 saturated carbocycles. The second-order valence-electron chi connectivity index (χ2n) is 5.25. The molecule has 5 heteroatoms. The maximum Gasteiger partial charge on any atom is 0.0795 e. The predicted molar refractivity (Wildman–Crippen MR) is 69.2 cm³/mol. The van der Waals surface area contributed by atoms with Gasteiger partial charge in [0.1, 0.15) is 0 Å². The number of hydrogen-bond acceptors (Lipinski definition) is 5. The van der Waals surface area contributed by atoms with Gasteiger partial charge in [-0.2, -0.15) is 11.8 Å². The van der Waals surface area contributed by atoms with E-state index in [0.717, 1.165) is 39.3 Å². The van der Waals surface area contributed by atoms with Crippen LogP contribution in [0.3, 0.4) is 0 Å². The quantitative estimate of drug-likeness (QED) is 0.795. The van der Waals surface area contributed by atoms with Gasteiger partial charge in [-0.1, -0.05) is 0 Å². The van der Waals surface area contributed by atoms with Crippen molar-refractivity contribution in [1.29, 1.82) is 0 Å². The van der Waals surface area contributed by atoms with Gasteiger partial charge < -0.3 is 9.47 Å². The molecule has 1 spiro atoms. The molecule has 0 aliphatic carbocycles. The van der Waals surface area contributed by atoms with Gasteiger partial charge >= 0.3 is 0 Å². The molecule has 3 aliphatic rings. The minimum absolute atomic E-state index is 0.187. The number of nitrogens with one attached hydrogen (secondary N) is 1. The van der Waals surface area contributed by atoms with E-state index in [1.165, 1.54) is 24.3 Å². The maximum absolute atomic E-state index is 6.04. The van der Waals surface area contributed by atoms with Crippen molar-refractivity contribution in [2.75, 3.05) is 44.4 Å². The number of hydrazine groups is 1. The van der Waals surface area contributed by atoms with Gasteiger partial charge in [0.25, 0.3) is 0 Å². The van der Waals surface area contributed by atoms with Crippen LogP contribution in [-0.4, -0.2) is 61.1 Å². The summed E-state index contributed by atoms with van der Waals surface area (Å²) in [6.45, 7) is 4.66. The molecule has 2 atom stereocenters. The summed E-state index contributed by atoms with van der Waals surface area (Å²) >= 11 is 2.04. The minimum Gasteiger partial charge on any atom is -0.379 e. The number of hydrogen-bond donors (Lipinski definition) is 1. The Bertz CT molecular complexity index is 253. The van der Waals surface area contributed by atoms with Crippen LogP contribution in [0.5, 0.6) is 0 Å². The fourth-order valence-electron chi connectivity index (χ4n) is 2.95. The molecule has 3 aliphatic heterocycles. The molecule has 0 bridgehead atoms. The van der Waals surface area contributed by atoms with Crippen molar-refractivity contribution in [3.63, 3.8) is 0 Å². The number of thioether (sulfide) groups is 1. The molecule has 3 fully saturated rings. The summed E-state index contributed by atoms with van der Waals surface area (Å²) in [4.78, 5) is 0. The molecule has 1 N–H and O–H groups in total. The summed E-state index contributed by atoms with van der Waals surface area (Å²) in [5, 5.41) is 2.33. The van der Waals surface area contributed by atoms with Crippen molar-refractivity contribution in [1.82, 2.24) is 10.4 Å². The van der Waals surface area contributed by atoms with E-state index in [1.54, 1.807) is 0 Å². The second kappa shape index (κ2) is 5.45. The summed E-state index contributed by atoms with van der Waals surface area (Å²) < 4.78 is 11.4. The molecule has 3 saturated heterocycles. The topological polar surface area (TPSA) is 33.7 Å². The highest BCUT2D eigenvalue weighted by Crippen LogP contribution is 2.38. The molecule has 17 heavy (non-hydrogen) atoms. The van der Waals surface area contributed by atoms with Gasteiger partial charge in [0.2, 0.25) is 0 Å². The third-order valence-corrected chi connectivity index (χ3v) is 5.16. The Labute approximate surface area is 107 Å². The van der Waals surface area contributed by atoms with Gasteiger partial charge in [-0.25, -0.2) is 5.01 Å². The number of rotatable bonds is 2. The molecule has 3 heterocycles. The molecule has 4 nitrogen and oxygen atoms in total. The molecule has 0 aromatic heterocycles. The summed E-state index contributed by atoms with van der Waals surface area (Å²) in [7, 11) is 0. The fourth-order valence-corrected chi connectivity index (χ4v) is 4.33. The predicted octanol–water partition coefficient (Wildman–Crippen LogP) is 0.878. The van der Waals surface area contributed by atoms with E-state index in [1.807, 2.05) is 11.8 Å². The van der Waals surface area contributed by atoms with Gasteiger partial charge in [-0.3, -0.25) is 5.43 Å². The van der Waals surface area contributed by atoms with Gasteiger partial charge in [-0.05, 0) is 25.0 Å². The van der Waals surface area contributed by atoms with Crippen LogP contribution in [0.1, 0.15) is 19.3 Å². The van der Waals surface area contributed by atoms with Crippen LogP contribution in [0, 0.1) is 0 Å². The SMILES string of the molecule is C1CN(NC2CCOC3(CCSC3)C2)CCO1. The number of ether oxygens (including phenoxy) is 2. The Morgan fingerprint density at radius 2 is 2.12 bits per heavy atom. The van der Waals surface area contributed by atoms with Crippen LogP contribution >= 0.6 is 11.8 Å². The lowest BCUT2D eigenvalue weighted by molar-refractivity contribution is -0.0862. The first-order valence-electron chi connectivity index (χ1n) is 6.67. The molecule has 0 aromatic rings. The first kappa shape index (κ1) is 12.2. The minimum atomic E-state index is 0.187. The highest BCUT2D eigenvalue weighted by atomic mass is 32.2. The maximum atomic E-state index is 6.04. The first-order chi connectivity index (χ1) is 8.36. The highest BCUT2D eigenvalue weighted by molar-refractivity contribution is 7.99. The van der Waals surface area contributed by atoms with Crippen molar-refractivity contribution in [2.24, 2.45) is 0 Å². The van der Waals surface area contributed by atoms with Crippen molar-refractivity contribution in [2.45, 2.75) is 30.9 Å². The highest BCUT2D eigenvalue weighted by Gasteiger charge is 2.40. The van der Waals surface area contributed by atoms with E-state index in [0.29, 0.717) is 6.04 Å². The van der Waals surface area contributed by atoms with E-state index in [-0.39, 0.29) is 5.60 Å². The lowest BCUT2D eigenvalue weighted by Crippen LogP contribution is -2.55. The second-order valence-corrected chi connectivity index (χ2v) is 6.36. The Hall–Kier alpha value is 0.190. The number of nitrogens with zero attached hydrogens (tertiary/aromatic N) is 1. The Morgan fingerprint density at radius 1 is 1.24 bits per heavy atom. The summed E-state index contributed by atoms with van der Waals surface area (Å²) in [5.74, 6) is 2.46. The van der Waals surface area contributed by atoms with Crippen molar-refractivity contribution in [3.05, 3.63) is 0 Å². The molecular weight excluding hydrogens is 236 g/mol. The Kier molecular flexibility index (Phi) is 3.92. The van der Waals surface area contributed by atoms with Crippen LogP contribution in [-0.2, 0) is 9.47 Å². The average Bonchev–Trinajstić information content (AvgIpc) is 2.79. The molecule has 0 radical (unpaired) electrons. The summed E-state index contributed by atoms with van der Waals surface area (Å²) in [5.41, 5.74) is 3.86. The van der Waals surface area contributed by atoms with Crippen LogP contribution in [0.2, 0.25) is 0 Å². The normalized spacial score (nSPS) is 39.9. The van der Waals surface area contributed by atoms with E-state index >= 15 is 0 Å². The van der Waals surface area contributed by atoms with Crippen LogP contribution in [0.15, 0.2) is 0 Å². The molecule has 98 valence electrons. The van der Waals surface area contributed by atoms with Crippen LogP contribution in [0.25, 0.3) is 0 Å². The van der Waals surface area contributed by atoms with E-state index in [9.17, 15) is 0 Å². The van der Waals surface area contributed by atoms with Gasteiger partial charge in [0.15, 0.2) is 0 Å². The fraction of sp³-hybridized carbons (Fsp3) is 1.00. The number of morpholine rings is 1. The third kappa shape index (κ3) is 2.96. The van der Waals surface area contributed by atoms with E-state index < -0.39 is 0 Å². The largest absolute Gasteiger partial charge is 0.379 e. The molecule has 0 amide bonds. The van der Waals surface area contributed by atoms with Crippen molar-refractivity contribution in [3.8, 4) is 0 Å². The van der Waals surface area contributed by atoms with Gasteiger partial charge in [-0.15, -0.1) is 0 Å². The van der Waals surface area contributed by atoms with Crippen molar-refractivity contribution < 1.29 is 9.47 Å². The third-order valence-electron chi connectivity index (χ3n) is 3.94. The van der Waals surface area contributed by atoms with E-state index in [2.05, 4.69) is 10.4 Å². The average molecular weight is 258 g/mol. The summed E-state index contributed by atoms with van der Waals surface area (Å²) in [6.07, 6.45) is 3.56. The van der Waals surface area contributed by atoms with Crippen LogP contribution < -0.4 is 5.43 Å². The lowest BCUT2D eigenvalue weighted by atomic mass is 9.90. The lowest BCUT2D eigenvalue weighted by Gasteiger charge is -2.40. The van der Waals surface area contributed by atoms with Crippen molar-refractivity contribution >= 4 is 11.8 Å². The monoisotopic (exact) mass is 258 g/mol. The zero-order valence-corrected chi connectivity index (χ0v) is 11.1. The smallest absolute Gasteiger partial charge is 0.0795 e. The summed E-state index contributed by atoms with van der Waals surface area (Å²) in [6, 6.07) is 0.598. The van der Waals surface area contributed by atoms with Gasteiger partial charge in [0, 0.05) is 31.5 Å². The Morgan fingerprint density at radius 3 is 2.88 bits per heavy atom.